The van der Waals surface area contributed by atoms with E-state index in [9.17, 15) is 9.59 Å². The summed E-state index contributed by atoms with van der Waals surface area (Å²) in [6, 6.07) is 0. The minimum Gasteiger partial charge on any atom is -0.339 e. The molecule has 2 fully saturated rings. The van der Waals surface area contributed by atoms with E-state index in [2.05, 4.69) is 9.97 Å². The van der Waals surface area contributed by atoms with Crippen molar-refractivity contribution in [3.63, 3.8) is 0 Å². The van der Waals surface area contributed by atoms with Crippen molar-refractivity contribution in [3.8, 4) is 0 Å². The van der Waals surface area contributed by atoms with E-state index in [1.54, 1.807) is 24.2 Å². The maximum atomic E-state index is 12.4. The van der Waals surface area contributed by atoms with E-state index in [1.165, 1.54) is 0 Å². The smallest absolute Gasteiger partial charge is 0.229 e. The Kier molecular flexibility index (Phi) is 3.96. The molecule has 118 valence electrons. The van der Waals surface area contributed by atoms with Gasteiger partial charge in [0.2, 0.25) is 17.8 Å². The van der Waals surface area contributed by atoms with E-state index in [-0.39, 0.29) is 17.7 Å². The molecule has 0 spiro atoms. The van der Waals surface area contributed by atoms with Crippen LogP contribution in [0.2, 0.25) is 0 Å². The fraction of sp³-hybridized carbons (Fsp3) is 0.600. The number of anilines is 1. The van der Waals surface area contributed by atoms with Gasteiger partial charge in [0, 0.05) is 58.6 Å². The number of aromatic nitrogens is 2. The molecule has 7 heteroatoms. The van der Waals surface area contributed by atoms with Crippen LogP contribution in [0.4, 0.5) is 5.95 Å². The Balaban J connectivity index is 1.49. The van der Waals surface area contributed by atoms with Crippen molar-refractivity contribution < 1.29 is 9.59 Å². The van der Waals surface area contributed by atoms with Crippen LogP contribution in [0.5, 0.6) is 0 Å². The van der Waals surface area contributed by atoms with Crippen LogP contribution < -0.4 is 4.90 Å². The quantitative estimate of drug-likeness (QED) is 0.764. The zero-order valence-corrected chi connectivity index (χ0v) is 13.0. The molecule has 2 saturated heterocycles. The van der Waals surface area contributed by atoms with E-state index in [0.29, 0.717) is 45.2 Å². The monoisotopic (exact) mass is 303 g/mol. The SMILES string of the molecule is CC(=O)N1CCN(C(=O)C2CN(c3ncc(C)cn3)C2)CC1. The van der Waals surface area contributed by atoms with Crippen LogP contribution in [0.25, 0.3) is 0 Å². The van der Waals surface area contributed by atoms with E-state index >= 15 is 0 Å². The standard InChI is InChI=1S/C15H21N5O2/c1-11-7-16-15(17-8-11)20-9-13(10-20)14(22)19-5-3-18(4-6-19)12(2)21/h7-8,13H,3-6,9-10H2,1-2H3. The first-order valence-corrected chi connectivity index (χ1v) is 7.62. The lowest BCUT2D eigenvalue weighted by Crippen LogP contribution is -2.58. The van der Waals surface area contributed by atoms with E-state index < -0.39 is 0 Å². The van der Waals surface area contributed by atoms with Gasteiger partial charge in [0.1, 0.15) is 0 Å². The molecule has 3 heterocycles. The van der Waals surface area contributed by atoms with Gasteiger partial charge in [0.25, 0.3) is 0 Å². The van der Waals surface area contributed by atoms with Gasteiger partial charge in [-0.25, -0.2) is 9.97 Å². The predicted octanol–water partition coefficient (Wildman–Crippen LogP) is -0.0881. The van der Waals surface area contributed by atoms with Gasteiger partial charge < -0.3 is 14.7 Å². The topological polar surface area (TPSA) is 69.6 Å². The second-order valence-corrected chi connectivity index (χ2v) is 5.99. The maximum absolute atomic E-state index is 12.4. The largest absolute Gasteiger partial charge is 0.339 e. The molecular weight excluding hydrogens is 282 g/mol. The molecule has 2 amide bonds. The summed E-state index contributed by atoms with van der Waals surface area (Å²) in [7, 11) is 0. The molecule has 2 aliphatic rings. The van der Waals surface area contributed by atoms with Crippen molar-refractivity contribution >= 4 is 17.8 Å². The Labute approximate surface area is 129 Å². The molecule has 0 aromatic carbocycles. The van der Waals surface area contributed by atoms with Crippen LogP contribution in [0.1, 0.15) is 12.5 Å². The predicted molar refractivity (Wildman–Crippen MR) is 81.3 cm³/mol. The summed E-state index contributed by atoms with van der Waals surface area (Å²) in [5, 5.41) is 0. The number of nitrogens with zero attached hydrogens (tertiary/aromatic N) is 5. The zero-order chi connectivity index (χ0) is 15.7. The van der Waals surface area contributed by atoms with Crippen LogP contribution in [-0.4, -0.2) is 70.9 Å². The molecule has 0 saturated carbocycles. The molecule has 22 heavy (non-hydrogen) atoms. The van der Waals surface area contributed by atoms with Gasteiger partial charge in [-0.05, 0) is 12.5 Å². The summed E-state index contributed by atoms with van der Waals surface area (Å²) in [5.74, 6) is 0.981. The van der Waals surface area contributed by atoms with Gasteiger partial charge in [-0.3, -0.25) is 9.59 Å². The van der Waals surface area contributed by atoms with Crippen molar-refractivity contribution in [1.29, 1.82) is 0 Å². The molecule has 0 aliphatic carbocycles. The van der Waals surface area contributed by atoms with Gasteiger partial charge in [0.15, 0.2) is 0 Å². The number of carbonyl (C=O) groups excluding carboxylic acids is 2. The molecule has 0 unspecified atom stereocenters. The molecule has 7 nitrogen and oxygen atoms in total. The second kappa shape index (κ2) is 5.90. The zero-order valence-electron chi connectivity index (χ0n) is 13.0. The van der Waals surface area contributed by atoms with Gasteiger partial charge in [-0.15, -0.1) is 0 Å². The van der Waals surface area contributed by atoms with Gasteiger partial charge in [-0.2, -0.15) is 0 Å². The number of carbonyl (C=O) groups is 2. The first-order valence-electron chi connectivity index (χ1n) is 7.62. The third kappa shape index (κ3) is 2.88. The molecule has 0 atom stereocenters. The summed E-state index contributed by atoms with van der Waals surface area (Å²) in [6.45, 7) is 7.42. The average molecular weight is 303 g/mol. The second-order valence-electron chi connectivity index (χ2n) is 5.99. The van der Waals surface area contributed by atoms with Gasteiger partial charge in [0.05, 0.1) is 5.92 Å². The summed E-state index contributed by atoms with van der Waals surface area (Å²) < 4.78 is 0. The molecule has 0 bridgehead atoms. The first-order chi connectivity index (χ1) is 10.5. The fourth-order valence-corrected chi connectivity index (χ4v) is 2.85. The lowest BCUT2D eigenvalue weighted by Gasteiger charge is -2.42. The van der Waals surface area contributed by atoms with Crippen LogP contribution in [0.15, 0.2) is 12.4 Å². The first kappa shape index (κ1) is 14.7. The highest BCUT2D eigenvalue weighted by Gasteiger charge is 2.37. The molecule has 1 aromatic rings. The number of aryl methyl sites for hydroxylation is 1. The van der Waals surface area contributed by atoms with Gasteiger partial charge >= 0.3 is 0 Å². The summed E-state index contributed by atoms with van der Waals surface area (Å²) in [6.07, 6.45) is 3.58. The molecule has 0 N–H and O–H groups in total. The number of rotatable bonds is 2. The molecular formula is C15H21N5O2. The van der Waals surface area contributed by atoms with Crippen LogP contribution in [-0.2, 0) is 9.59 Å². The minimum absolute atomic E-state index is 0.0220. The summed E-state index contributed by atoms with van der Waals surface area (Å²) in [4.78, 5) is 38.0. The number of amides is 2. The molecule has 3 rings (SSSR count). The highest BCUT2D eigenvalue weighted by Crippen LogP contribution is 2.23. The molecule has 2 aliphatic heterocycles. The number of hydrogen-bond acceptors (Lipinski definition) is 5. The highest BCUT2D eigenvalue weighted by atomic mass is 16.2. The number of hydrogen-bond donors (Lipinski definition) is 0. The highest BCUT2D eigenvalue weighted by molar-refractivity contribution is 5.82. The Morgan fingerprint density at radius 1 is 1.05 bits per heavy atom. The summed E-state index contributed by atoms with van der Waals surface area (Å²) >= 11 is 0. The van der Waals surface area contributed by atoms with Crippen molar-refractivity contribution in [2.45, 2.75) is 13.8 Å². The number of piperazine rings is 1. The molecule has 0 radical (unpaired) electrons. The minimum atomic E-state index is 0.0220. The van der Waals surface area contributed by atoms with Crippen molar-refractivity contribution in [3.05, 3.63) is 18.0 Å². The third-order valence-electron chi connectivity index (χ3n) is 4.32. The Morgan fingerprint density at radius 2 is 1.59 bits per heavy atom. The lowest BCUT2D eigenvalue weighted by molar-refractivity contribution is -0.141. The van der Waals surface area contributed by atoms with E-state index in [1.807, 2.05) is 16.7 Å². The normalized spacial score (nSPS) is 19.1. The Hall–Kier alpha value is -2.18. The fourth-order valence-electron chi connectivity index (χ4n) is 2.85. The van der Waals surface area contributed by atoms with Crippen LogP contribution in [0.3, 0.4) is 0 Å². The van der Waals surface area contributed by atoms with Crippen LogP contribution in [0, 0.1) is 12.8 Å². The lowest BCUT2D eigenvalue weighted by atomic mass is 9.98. The van der Waals surface area contributed by atoms with Crippen LogP contribution >= 0.6 is 0 Å². The van der Waals surface area contributed by atoms with E-state index in [4.69, 9.17) is 0 Å². The van der Waals surface area contributed by atoms with E-state index in [0.717, 1.165) is 5.56 Å². The Bertz CT molecular complexity index is 560. The van der Waals surface area contributed by atoms with Crippen molar-refractivity contribution in [2.75, 3.05) is 44.2 Å². The Morgan fingerprint density at radius 3 is 2.14 bits per heavy atom. The van der Waals surface area contributed by atoms with Crippen molar-refractivity contribution in [1.82, 2.24) is 19.8 Å². The average Bonchev–Trinajstić information content (AvgIpc) is 2.47. The van der Waals surface area contributed by atoms with Crippen molar-refractivity contribution in [2.24, 2.45) is 5.92 Å². The maximum Gasteiger partial charge on any atom is 0.229 e. The van der Waals surface area contributed by atoms with Gasteiger partial charge in [-0.1, -0.05) is 0 Å². The summed E-state index contributed by atoms with van der Waals surface area (Å²) in [5.41, 5.74) is 1.03. The molecule has 1 aromatic heterocycles. The third-order valence-corrected chi connectivity index (χ3v) is 4.32.